The molecule has 0 aromatic heterocycles. The Morgan fingerprint density at radius 1 is 1.40 bits per heavy atom. The minimum absolute atomic E-state index is 0.634. The van der Waals surface area contributed by atoms with E-state index in [1.54, 1.807) is 7.11 Å². The molecule has 15 heavy (non-hydrogen) atoms. The molecule has 1 aromatic rings. The normalized spacial score (nSPS) is 9.40. The van der Waals surface area contributed by atoms with Crippen molar-refractivity contribution < 1.29 is 9.47 Å². The summed E-state index contributed by atoms with van der Waals surface area (Å²) in [5.74, 6) is 4.21. The molecule has 0 spiro atoms. The lowest BCUT2D eigenvalue weighted by Crippen LogP contribution is -1.98. The van der Waals surface area contributed by atoms with Crippen LogP contribution in [-0.2, 0) is 6.42 Å². The number of terminal acetylenes is 1. The summed E-state index contributed by atoms with van der Waals surface area (Å²) < 4.78 is 10.8. The van der Waals surface area contributed by atoms with E-state index in [1.165, 1.54) is 0 Å². The molecule has 0 amide bonds. The number of ether oxygens (including phenoxy) is 2. The molecular formula is C13H16O2. The van der Waals surface area contributed by atoms with E-state index in [1.807, 2.05) is 25.1 Å². The van der Waals surface area contributed by atoms with Crippen LogP contribution in [0.25, 0.3) is 0 Å². The standard InChI is InChI=1S/C13H16O2/c1-4-6-8-11-9-7-10-12(15-5-2)13(11)14-3/h1,7,9-10H,5-6,8H2,2-3H3. The van der Waals surface area contributed by atoms with Crippen LogP contribution in [0, 0.1) is 12.3 Å². The number of hydrogen-bond donors (Lipinski definition) is 0. The number of rotatable bonds is 5. The number of methoxy groups -OCH3 is 1. The monoisotopic (exact) mass is 204 g/mol. The summed E-state index contributed by atoms with van der Waals surface area (Å²) >= 11 is 0. The number of benzene rings is 1. The molecule has 0 bridgehead atoms. The molecule has 0 heterocycles. The number of hydrogen-bond acceptors (Lipinski definition) is 2. The molecule has 2 heteroatoms. The summed E-state index contributed by atoms with van der Waals surface area (Å²) in [6.07, 6.45) is 6.78. The maximum absolute atomic E-state index is 5.47. The molecule has 0 unspecified atom stereocenters. The summed E-state index contributed by atoms with van der Waals surface area (Å²) in [7, 11) is 1.65. The van der Waals surface area contributed by atoms with Gasteiger partial charge in [0.25, 0.3) is 0 Å². The maximum Gasteiger partial charge on any atom is 0.163 e. The molecule has 80 valence electrons. The minimum Gasteiger partial charge on any atom is -0.493 e. The lowest BCUT2D eigenvalue weighted by Gasteiger charge is -2.12. The second kappa shape index (κ2) is 5.98. The van der Waals surface area contributed by atoms with Crippen LogP contribution >= 0.6 is 0 Å². The van der Waals surface area contributed by atoms with Crippen molar-refractivity contribution in [1.29, 1.82) is 0 Å². The molecule has 0 radical (unpaired) electrons. The largest absolute Gasteiger partial charge is 0.493 e. The predicted octanol–water partition coefficient (Wildman–Crippen LogP) is 2.66. The van der Waals surface area contributed by atoms with Crippen LogP contribution in [0.1, 0.15) is 18.9 Å². The van der Waals surface area contributed by atoms with Crippen LogP contribution in [0.4, 0.5) is 0 Å². The average Bonchev–Trinajstić information content (AvgIpc) is 2.27. The van der Waals surface area contributed by atoms with Gasteiger partial charge in [-0.2, -0.15) is 0 Å². The van der Waals surface area contributed by atoms with Crippen molar-refractivity contribution in [2.45, 2.75) is 19.8 Å². The average molecular weight is 204 g/mol. The molecule has 0 aliphatic carbocycles. The Balaban J connectivity index is 2.94. The van der Waals surface area contributed by atoms with Crippen LogP contribution in [0.3, 0.4) is 0 Å². The molecule has 0 N–H and O–H groups in total. The first-order chi connectivity index (χ1) is 7.33. The fourth-order valence-electron chi connectivity index (χ4n) is 1.47. The summed E-state index contributed by atoms with van der Waals surface area (Å²) in [5.41, 5.74) is 1.10. The van der Waals surface area contributed by atoms with Crippen molar-refractivity contribution in [2.75, 3.05) is 13.7 Å². The van der Waals surface area contributed by atoms with Crippen LogP contribution in [-0.4, -0.2) is 13.7 Å². The first kappa shape index (κ1) is 11.5. The zero-order valence-electron chi connectivity index (χ0n) is 9.25. The van der Waals surface area contributed by atoms with Gasteiger partial charge in [0.15, 0.2) is 11.5 Å². The fraction of sp³-hybridized carbons (Fsp3) is 0.385. The highest BCUT2D eigenvalue weighted by atomic mass is 16.5. The van der Waals surface area contributed by atoms with E-state index in [2.05, 4.69) is 5.92 Å². The van der Waals surface area contributed by atoms with Crippen molar-refractivity contribution in [2.24, 2.45) is 0 Å². The van der Waals surface area contributed by atoms with E-state index < -0.39 is 0 Å². The molecule has 0 saturated heterocycles. The summed E-state index contributed by atoms with van der Waals surface area (Å²) in [6.45, 7) is 2.59. The van der Waals surface area contributed by atoms with Gasteiger partial charge in [0.2, 0.25) is 0 Å². The molecule has 1 rings (SSSR count). The van der Waals surface area contributed by atoms with Gasteiger partial charge in [-0.05, 0) is 25.0 Å². The number of para-hydroxylation sites is 1. The highest BCUT2D eigenvalue weighted by Gasteiger charge is 2.08. The Hall–Kier alpha value is -1.62. The molecule has 2 nitrogen and oxygen atoms in total. The van der Waals surface area contributed by atoms with Crippen LogP contribution in [0.5, 0.6) is 11.5 Å². The van der Waals surface area contributed by atoms with Gasteiger partial charge in [0, 0.05) is 6.42 Å². The van der Waals surface area contributed by atoms with E-state index in [9.17, 15) is 0 Å². The predicted molar refractivity (Wildman–Crippen MR) is 61.3 cm³/mol. The van der Waals surface area contributed by atoms with E-state index in [4.69, 9.17) is 15.9 Å². The summed E-state index contributed by atoms with van der Waals surface area (Å²) in [4.78, 5) is 0. The van der Waals surface area contributed by atoms with Crippen molar-refractivity contribution in [1.82, 2.24) is 0 Å². The van der Waals surface area contributed by atoms with E-state index in [0.29, 0.717) is 13.0 Å². The van der Waals surface area contributed by atoms with Gasteiger partial charge in [-0.25, -0.2) is 0 Å². The Bertz CT molecular complexity index is 350. The van der Waals surface area contributed by atoms with Gasteiger partial charge < -0.3 is 9.47 Å². The third-order valence-electron chi connectivity index (χ3n) is 2.10. The highest BCUT2D eigenvalue weighted by molar-refractivity contribution is 5.46. The van der Waals surface area contributed by atoms with Crippen LogP contribution in [0.15, 0.2) is 18.2 Å². The second-order valence-corrected chi connectivity index (χ2v) is 3.09. The Morgan fingerprint density at radius 2 is 2.20 bits per heavy atom. The summed E-state index contributed by atoms with van der Waals surface area (Å²) in [6, 6.07) is 5.87. The minimum atomic E-state index is 0.634. The maximum atomic E-state index is 5.47. The third-order valence-corrected chi connectivity index (χ3v) is 2.10. The third kappa shape index (κ3) is 2.92. The van der Waals surface area contributed by atoms with Crippen molar-refractivity contribution in [3.63, 3.8) is 0 Å². The SMILES string of the molecule is C#CCCc1cccc(OCC)c1OC. The van der Waals surface area contributed by atoms with Crippen molar-refractivity contribution in [3.8, 4) is 23.8 Å². The van der Waals surface area contributed by atoms with Crippen LogP contribution in [0.2, 0.25) is 0 Å². The topological polar surface area (TPSA) is 18.5 Å². The summed E-state index contributed by atoms with van der Waals surface area (Å²) in [5, 5.41) is 0. The van der Waals surface area contributed by atoms with Gasteiger partial charge in [-0.3, -0.25) is 0 Å². The van der Waals surface area contributed by atoms with Crippen LogP contribution < -0.4 is 9.47 Å². The molecule has 0 aliphatic rings. The van der Waals surface area contributed by atoms with Gasteiger partial charge in [-0.15, -0.1) is 12.3 Å². The molecule has 0 saturated carbocycles. The molecule has 0 fully saturated rings. The molecular weight excluding hydrogens is 188 g/mol. The van der Waals surface area contributed by atoms with Crippen molar-refractivity contribution >= 4 is 0 Å². The first-order valence-electron chi connectivity index (χ1n) is 5.05. The quantitative estimate of drug-likeness (QED) is 0.686. The van der Waals surface area contributed by atoms with Crippen molar-refractivity contribution in [3.05, 3.63) is 23.8 Å². The first-order valence-corrected chi connectivity index (χ1v) is 5.05. The zero-order chi connectivity index (χ0) is 11.1. The zero-order valence-corrected chi connectivity index (χ0v) is 9.25. The Kier molecular flexibility index (Phi) is 4.56. The Labute approximate surface area is 91.2 Å². The molecule has 0 aliphatic heterocycles. The molecule has 1 aromatic carbocycles. The number of aryl methyl sites for hydroxylation is 1. The Morgan fingerprint density at radius 3 is 2.80 bits per heavy atom. The lowest BCUT2D eigenvalue weighted by molar-refractivity contribution is 0.309. The molecule has 0 atom stereocenters. The van der Waals surface area contributed by atoms with E-state index >= 15 is 0 Å². The lowest BCUT2D eigenvalue weighted by atomic mass is 10.1. The smallest absolute Gasteiger partial charge is 0.163 e. The van der Waals surface area contributed by atoms with Gasteiger partial charge in [0.05, 0.1) is 13.7 Å². The van der Waals surface area contributed by atoms with E-state index in [-0.39, 0.29) is 0 Å². The second-order valence-electron chi connectivity index (χ2n) is 3.09. The van der Waals surface area contributed by atoms with Gasteiger partial charge >= 0.3 is 0 Å². The van der Waals surface area contributed by atoms with Gasteiger partial charge in [0.1, 0.15) is 0 Å². The fourth-order valence-corrected chi connectivity index (χ4v) is 1.47. The highest BCUT2D eigenvalue weighted by Crippen LogP contribution is 2.31. The van der Waals surface area contributed by atoms with Gasteiger partial charge in [-0.1, -0.05) is 12.1 Å². The van der Waals surface area contributed by atoms with E-state index in [0.717, 1.165) is 23.5 Å².